The summed E-state index contributed by atoms with van der Waals surface area (Å²) in [6.07, 6.45) is 7.34. The van der Waals surface area contributed by atoms with Crippen molar-refractivity contribution in [1.29, 1.82) is 0 Å². The average Bonchev–Trinajstić information content (AvgIpc) is 3.09. The van der Waals surface area contributed by atoms with Crippen molar-refractivity contribution in [3.05, 3.63) is 34.5 Å². The number of aromatic nitrogens is 3. The largest absolute Gasteiger partial charge is 0.346 e. The predicted molar refractivity (Wildman–Crippen MR) is 75.7 cm³/mol. The second-order valence-corrected chi connectivity index (χ2v) is 5.54. The SMILES string of the molecule is Cc1cncc(-n2ccsc2=NC(=O)N2CCCC2)n1. The third-order valence-corrected chi connectivity index (χ3v) is 3.90. The fraction of sp³-hybridized carbons (Fsp3) is 0.385. The van der Waals surface area contributed by atoms with E-state index in [1.165, 1.54) is 11.3 Å². The molecular formula is C13H15N5OS. The molecule has 20 heavy (non-hydrogen) atoms. The van der Waals surface area contributed by atoms with Crippen LogP contribution in [-0.2, 0) is 0 Å². The fourth-order valence-corrected chi connectivity index (χ4v) is 2.86. The van der Waals surface area contributed by atoms with E-state index >= 15 is 0 Å². The molecule has 1 aliphatic heterocycles. The molecular weight excluding hydrogens is 274 g/mol. The van der Waals surface area contributed by atoms with Gasteiger partial charge in [-0.05, 0) is 19.8 Å². The summed E-state index contributed by atoms with van der Waals surface area (Å²) in [5.74, 6) is 0.680. The van der Waals surface area contributed by atoms with Crippen molar-refractivity contribution in [2.45, 2.75) is 19.8 Å². The molecule has 0 atom stereocenters. The molecule has 1 aliphatic rings. The monoisotopic (exact) mass is 289 g/mol. The number of carbonyl (C=O) groups is 1. The molecule has 3 rings (SSSR count). The molecule has 1 saturated heterocycles. The van der Waals surface area contributed by atoms with Crippen LogP contribution in [0.5, 0.6) is 0 Å². The number of rotatable bonds is 1. The normalized spacial score (nSPS) is 15.8. The van der Waals surface area contributed by atoms with Crippen molar-refractivity contribution in [1.82, 2.24) is 19.4 Å². The lowest BCUT2D eigenvalue weighted by atomic mass is 10.4. The Morgan fingerprint density at radius 2 is 2.15 bits per heavy atom. The number of carbonyl (C=O) groups excluding carboxylic acids is 1. The number of nitrogens with zero attached hydrogens (tertiary/aromatic N) is 5. The second kappa shape index (κ2) is 5.54. The van der Waals surface area contributed by atoms with Crippen LogP contribution in [0.2, 0.25) is 0 Å². The first kappa shape index (κ1) is 13.0. The van der Waals surface area contributed by atoms with Crippen molar-refractivity contribution >= 4 is 17.4 Å². The molecule has 7 heteroatoms. The highest BCUT2D eigenvalue weighted by atomic mass is 32.1. The lowest BCUT2D eigenvalue weighted by Crippen LogP contribution is -2.27. The van der Waals surface area contributed by atoms with Crippen LogP contribution >= 0.6 is 11.3 Å². The molecule has 0 N–H and O–H groups in total. The van der Waals surface area contributed by atoms with E-state index in [2.05, 4.69) is 15.0 Å². The van der Waals surface area contributed by atoms with Crippen LogP contribution in [0, 0.1) is 6.92 Å². The third-order valence-electron chi connectivity index (χ3n) is 3.15. The molecule has 6 nitrogen and oxygen atoms in total. The first-order valence-electron chi connectivity index (χ1n) is 6.53. The highest BCUT2D eigenvalue weighted by Gasteiger charge is 2.17. The quantitative estimate of drug-likeness (QED) is 0.803. The fourth-order valence-electron chi connectivity index (χ4n) is 2.15. The van der Waals surface area contributed by atoms with Gasteiger partial charge in [0.25, 0.3) is 0 Å². The van der Waals surface area contributed by atoms with Crippen molar-refractivity contribution in [2.24, 2.45) is 4.99 Å². The van der Waals surface area contributed by atoms with Gasteiger partial charge in [0.1, 0.15) is 0 Å². The first-order chi connectivity index (χ1) is 9.74. The van der Waals surface area contributed by atoms with Crippen LogP contribution in [-0.4, -0.2) is 38.6 Å². The lowest BCUT2D eigenvalue weighted by molar-refractivity contribution is 0.218. The van der Waals surface area contributed by atoms with Crippen LogP contribution in [0.1, 0.15) is 18.5 Å². The average molecular weight is 289 g/mol. The summed E-state index contributed by atoms with van der Waals surface area (Å²) < 4.78 is 1.79. The summed E-state index contributed by atoms with van der Waals surface area (Å²) in [6.45, 7) is 3.49. The number of urea groups is 1. The Morgan fingerprint density at radius 3 is 2.90 bits per heavy atom. The second-order valence-electron chi connectivity index (χ2n) is 4.66. The summed E-state index contributed by atoms with van der Waals surface area (Å²) in [5, 5.41) is 1.89. The van der Waals surface area contributed by atoms with Crippen molar-refractivity contribution in [3.8, 4) is 5.82 Å². The maximum atomic E-state index is 12.1. The van der Waals surface area contributed by atoms with Gasteiger partial charge in [-0.1, -0.05) is 0 Å². The van der Waals surface area contributed by atoms with Gasteiger partial charge in [-0.3, -0.25) is 9.55 Å². The third kappa shape index (κ3) is 2.62. The summed E-state index contributed by atoms with van der Waals surface area (Å²) in [6, 6.07) is -0.167. The van der Waals surface area contributed by atoms with Gasteiger partial charge in [0, 0.05) is 30.9 Å². The highest BCUT2D eigenvalue weighted by Crippen LogP contribution is 2.09. The molecule has 1 fully saturated rings. The van der Waals surface area contributed by atoms with Gasteiger partial charge in [0.2, 0.25) is 0 Å². The van der Waals surface area contributed by atoms with Crippen molar-refractivity contribution in [3.63, 3.8) is 0 Å². The van der Waals surface area contributed by atoms with E-state index in [-0.39, 0.29) is 6.03 Å². The molecule has 0 saturated carbocycles. The molecule has 3 heterocycles. The van der Waals surface area contributed by atoms with E-state index in [4.69, 9.17) is 0 Å². The zero-order chi connectivity index (χ0) is 13.9. The lowest BCUT2D eigenvalue weighted by Gasteiger charge is -2.10. The minimum atomic E-state index is -0.167. The first-order valence-corrected chi connectivity index (χ1v) is 7.41. The zero-order valence-corrected chi connectivity index (χ0v) is 12.0. The Kier molecular flexibility index (Phi) is 3.60. The van der Waals surface area contributed by atoms with Gasteiger partial charge in [-0.25, -0.2) is 9.78 Å². The molecule has 0 unspecified atom stereocenters. The Labute approximate surface area is 120 Å². The smallest absolute Gasteiger partial charge is 0.323 e. The van der Waals surface area contributed by atoms with E-state index in [0.717, 1.165) is 31.6 Å². The Morgan fingerprint density at radius 1 is 1.35 bits per heavy atom. The summed E-state index contributed by atoms with van der Waals surface area (Å²) in [5.41, 5.74) is 0.831. The number of thiazole rings is 1. The van der Waals surface area contributed by atoms with E-state index < -0.39 is 0 Å². The Hall–Kier alpha value is -2.02. The highest BCUT2D eigenvalue weighted by molar-refractivity contribution is 7.07. The van der Waals surface area contributed by atoms with E-state index in [1.54, 1.807) is 21.9 Å². The summed E-state index contributed by atoms with van der Waals surface area (Å²) in [7, 11) is 0. The van der Waals surface area contributed by atoms with Gasteiger partial charge in [-0.15, -0.1) is 11.3 Å². The van der Waals surface area contributed by atoms with E-state index in [9.17, 15) is 4.79 Å². The number of likely N-dealkylation sites (tertiary alicyclic amines) is 1. The van der Waals surface area contributed by atoms with Crippen LogP contribution in [0.4, 0.5) is 4.79 Å². The maximum absolute atomic E-state index is 12.1. The molecule has 0 bridgehead atoms. The standard InChI is InChI=1S/C13H15N5OS/c1-10-8-14-9-11(15-10)18-6-7-20-13(18)16-12(19)17-4-2-3-5-17/h6-9H,2-5H2,1H3. The van der Waals surface area contributed by atoms with E-state index in [0.29, 0.717) is 10.6 Å². The van der Waals surface area contributed by atoms with E-state index in [1.807, 2.05) is 18.5 Å². The minimum absolute atomic E-state index is 0.167. The van der Waals surface area contributed by atoms with Crippen molar-refractivity contribution < 1.29 is 4.79 Å². The van der Waals surface area contributed by atoms with Crippen LogP contribution in [0.3, 0.4) is 0 Å². The molecule has 2 amide bonds. The topological polar surface area (TPSA) is 63.4 Å². The molecule has 2 aromatic rings. The van der Waals surface area contributed by atoms with Crippen LogP contribution in [0.15, 0.2) is 29.0 Å². The number of hydrogen-bond donors (Lipinski definition) is 0. The summed E-state index contributed by atoms with van der Waals surface area (Å²) >= 11 is 1.42. The number of hydrogen-bond acceptors (Lipinski definition) is 4. The van der Waals surface area contributed by atoms with Gasteiger partial charge >= 0.3 is 6.03 Å². The molecule has 2 aromatic heterocycles. The van der Waals surface area contributed by atoms with Gasteiger partial charge in [0.05, 0.1) is 11.9 Å². The number of amides is 2. The predicted octanol–water partition coefficient (Wildman–Crippen LogP) is 1.75. The molecule has 0 radical (unpaired) electrons. The van der Waals surface area contributed by atoms with Crippen molar-refractivity contribution in [2.75, 3.05) is 13.1 Å². The van der Waals surface area contributed by atoms with Gasteiger partial charge in [0.15, 0.2) is 10.6 Å². The zero-order valence-electron chi connectivity index (χ0n) is 11.2. The molecule has 104 valence electrons. The minimum Gasteiger partial charge on any atom is -0.323 e. The summed E-state index contributed by atoms with van der Waals surface area (Å²) in [4.78, 5) is 27.2. The molecule has 0 aromatic carbocycles. The number of aryl methyl sites for hydroxylation is 1. The maximum Gasteiger partial charge on any atom is 0.346 e. The van der Waals surface area contributed by atoms with Crippen LogP contribution in [0.25, 0.3) is 5.82 Å². The molecule has 0 spiro atoms. The van der Waals surface area contributed by atoms with Gasteiger partial charge < -0.3 is 4.90 Å². The Bertz CT molecular complexity index is 684. The Balaban J connectivity index is 1.95. The molecule has 0 aliphatic carbocycles. The van der Waals surface area contributed by atoms with Crippen LogP contribution < -0.4 is 4.80 Å². The van der Waals surface area contributed by atoms with Gasteiger partial charge in [-0.2, -0.15) is 4.99 Å².